The average molecular weight is 514 g/mol. The number of piperidine rings is 1. The zero-order chi connectivity index (χ0) is 26.4. The van der Waals surface area contributed by atoms with Crippen molar-refractivity contribution in [2.24, 2.45) is 4.99 Å². The minimum atomic E-state index is -0.610. The molecule has 0 saturated carbocycles. The lowest BCUT2D eigenvalue weighted by Crippen LogP contribution is -2.44. The van der Waals surface area contributed by atoms with Crippen LogP contribution in [0.25, 0.3) is 22.7 Å². The predicted molar refractivity (Wildman–Crippen MR) is 139 cm³/mol. The van der Waals surface area contributed by atoms with Crippen molar-refractivity contribution in [1.82, 2.24) is 14.5 Å². The molecule has 0 bridgehead atoms. The van der Waals surface area contributed by atoms with E-state index < -0.39 is 11.9 Å². The quantitative estimate of drug-likeness (QED) is 0.390. The minimum Gasteiger partial charge on any atom is -0.488 e. The lowest BCUT2D eigenvalue weighted by Gasteiger charge is -2.34. The van der Waals surface area contributed by atoms with Gasteiger partial charge in [0, 0.05) is 30.3 Å². The molecule has 3 heterocycles. The Morgan fingerprint density at radius 3 is 2.84 bits per heavy atom. The van der Waals surface area contributed by atoms with E-state index in [0.717, 1.165) is 23.1 Å². The number of rotatable bonds is 2. The van der Waals surface area contributed by atoms with Crippen LogP contribution in [0.5, 0.6) is 5.75 Å². The fourth-order valence-corrected chi connectivity index (χ4v) is 5.50. The van der Waals surface area contributed by atoms with E-state index in [4.69, 9.17) is 4.74 Å². The topological polar surface area (TPSA) is 89.6 Å². The van der Waals surface area contributed by atoms with Crippen LogP contribution >= 0.6 is 0 Å². The number of halogens is 2. The molecular formula is C29H25F2N5O2. The van der Waals surface area contributed by atoms with Gasteiger partial charge in [-0.05, 0) is 66.6 Å². The zero-order valence-corrected chi connectivity index (χ0v) is 20.7. The molecule has 38 heavy (non-hydrogen) atoms. The predicted octanol–water partition coefficient (Wildman–Crippen LogP) is 4.35. The Hall–Kier alpha value is -4.26. The number of likely N-dealkylation sites (N-methyl/N-ethyl adjacent to an activating group) is 1. The van der Waals surface area contributed by atoms with E-state index in [-0.39, 0.29) is 18.5 Å². The van der Waals surface area contributed by atoms with Gasteiger partial charge in [0.15, 0.2) is 0 Å². The molecule has 0 amide bonds. The maximum Gasteiger partial charge on any atom is 0.219 e. The van der Waals surface area contributed by atoms with E-state index >= 15 is 0 Å². The molecule has 0 unspecified atom stereocenters. The fraction of sp³-hybridized carbons (Fsp3) is 0.241. The second kappa shape index (κ2) is 9.56. The number of aromatic nitrogens is 2. The summed E-state index contributed by atoms with van der Waals surface area (Å²) in [7, 11) is 1.97. The minimum absolute atomic E-state index is 0.0105. The van der Waals surface area contributed by atoms with E-state index in [0.29, 0.717) is 46.6 Å². The van der Waals surface area contributed by atoms with Crippen LogP contribution in [-0.4, -0.2) is 45.8 Å². The Bertz CT molecular complexity index is 1700. The normalized spacial score (nSPS) is 21.0. The van der Waals surface area contributed by atoms with Gasteiger partial charge in [-0.15, -0.1) is 4.99 Å². The third-order valence-corrected chi connectivity index (χ3v) is 7.32. The molecule has 9 heteroatoms. The first-order chi connectivity index (χ1) is 18.4. The first kappa shape index (κ1) is 24.1. The van der Waals surface area contributed by atoms with Gasteiger partial charge in [-0.25, -0.2) is 8.78 Å². The molecule has 0 radical (unpaired) electrons. The largest absolute Gasteiger partial charge is 0.488 e. The molecule has 2 aliphatic heterocycles. The van der Waals surface area contributed by atoms with E-state index in [1.165, 1.54) is 18.2 Å². The van der Waals surface area contributed by atoms with Crippen LogP contribution in [0.3, 0.4) is 0 Å². The van der Waals surface area contributed by atoms with Gasteiger partial charge in [-0.3, -0.25) is 0 Å². The first-order valence-electron chi connectivity index (χ1n) is 12.4. The van der Waals surface area contributed by atoms with Crippen molar-refractivity contribution in [3.63, 3.8) is 0 Å². The van der Waals surface area contributed by atoms with Crippen molar-refractivity contribution in [3.05, 3.63) is 94.1 Å². The summed E-state index contributed by atoms with van der Waals surface area (Å²) in [6.45, 7) is 1.33. The van der Waals surface area contributed by atoms with Gasteiger partial charge in [0.25, 0.3) is 0 Å². The number of H-pyrrole nitrogens is 1. The van der Waals surface area contributed by atoms with Gasteiger partial charge in [-0.1, -0.05) is 18.2 Å². The highest BCUT2D eigenvalue weighted by atomic mass is 19.1. The number of imidazole rings is 1. The molecule has 2 N–H and O–H groups in total. The number of nitrogens with one attached hydrogen (secondary N) is 1. The number of benzene rings is 3. The number of ether oxygens (including phenoxy) is 1. The highest BCUT2D eigenvalue weighted by Gasteiger charge is 2.29. The monoisotopic (exact) mass is 513 g/mol. The lowest BCUT2D eigenvalue weighted by atomic mass is 9.92. The van der Waals surface area contributed by atoms with Crippen molar-refractivity contribution < 1.29 is 18.6 Å². The van der Waals surface area contributed by atoms with Crippen LogP contribution in [-0.2, 0) is 6.61 Å². The summed E-state index contributed by atoms with van der Waals surface area (Å²) >= 11 is 0. The Morgan fingerprint density at radius 2 is 2.03 bits per heavy atom. The van der Waals surface area contributed by atoms with E-state index in [1.807, 2.05) is 48.1 Å². The summed E-state index contributed by atoms with van der Waals surface area (Å²) in [6, 6.07) is 14.7. The van der Waals surface area contributed by atoms with Crippen LogP contribution in [0.4, 0.5) is 8.78 Å². The number of aliphatic hydroxyl groups excluding tert-OH is 1. The van der Waals surface area contributed by atoms with Gasteiger partial charge < -0.3 is 24.3 Å². The third-order valence-electron chi connectivity index (χ3n) is 7.32. The van der Waals surface area contributed by atoms with Crippen LogP contribution in [0, 0.1) is 23.1 Å². The third kappa shape index (κ3) is 4.18. The van der Waals surface area contributed by atoms with Gasteiger partial charge >= 0.3 is 0 Å². The molecule has 7 nitrogen and oxygen atoms in total. The number of β-amino-alcohol motifs (C(OH)–C–C–N with tert-alkyl or cyclic N) is 1. The second-order valence-electron chi connectivity index (χ2n) is 9.75. The summed E-state index contributed by atoms with van der Waals surface area (Å²) in [5, 5.41) is 20.1. The first-order valence-corrected chi connectivity index (χ1v) is 12.4. The van der Waals surface area contributed by atoms with Crippen LogP contribution in [0.15, 0.2) is 59.6 Å². The number of hydrogen-bond acceptors (Lipinski definition) is 5. The molecule has 0 spiro atoms. The zero-order valence-electron chi connectivity index (χ0n) is 20.7. The van der Waals surface area contributed by atoms with Crippen molar-refractivity contribution in [1.29, 1.82) is 5.26 Å². The highest BCUT2D eigenvalue weighted by molar-refractivity contribution is 5.95. The number of nitrogens with zero attached hydrogens (tertiary/aromatic N) is 4. The maximum absolute atomic E-state index is 14.8. The Labute approximate surface area is 217 Å². The lowest BCUT2D eigenvalue weighted by molar-refractivity contribution is 0.0381. The summed E-state index contributed by atoms with van der Waals surface area (Å²) in [5.41, 5.74) is 5.17. The smallest absolute Gasteiger partial charge is 0.219 e. The number of likely N-dealkylation sites (tertiary alicyclic amines) is 1. The number of hydrogen-bond donors (Lipinski definition) is 2. The Balaban J connectivity index is 1.52. The summed E-state index contributed by atoms with van der Waals surface area (Å²) < 4.78 is 36.5. The summed E-state index contributed by atoms with van der Waals surface area (Å²) in [4.78, 5) is 9.28. The Kier molecular flexibility index (Phi) is 6.06. The van der Waals surface area contributed by atoms with Crippen LogP contribution in [0.2, 0.25) is 0 Å². The molecule has 4 aromatic rings. The van der Waals surface area contributed by atoms with E-state index in [9.17, 15) is 19.1 Å². The SMILES string of the molecule is CN1CC[C@@H](n2/c(=N/C#N)[nH]c3cc(/C=C4/c5ccc(F)cc5OCc5c(F)cccc54)ccc32)[C@H](O)C1. The molecule has 6 rings (SSSR count). The van der Waals surface area contributed by atoms with Crippen molar-refractivity contribution in [3.8, 4) is 11.9 Å². The van der Waals surface area contributed by atoms with E-state index in [1.54, 1.807) is 12.1 Å². The van der Waals surface area contributed by atoms with Crippen LogP contribution in [0.1, 0.15) is 34.7 Å². The molecule has 1 aromatic heterocycles. The highest BCUT2D eigenvalue weighted by Crippen LogP contribution is 2.39. The van der Waals surface area contributed by atoms with Crippen molar-refractivity contribution in [2.75, 3.05) is 20.1 Å². The van der Waals surface area contributed by atoms with Gasteiger partial charge in [0.1, 0.15) is 24.0 Å². The number of aromatic amines is 1. The van der Waals surface area contributed by atoms with Gasteiger partial charge in [0.2, 0.25) is 11.8 Å². The molecule has 1 saturated heterocycles. The molecule has 1 fully saturated rings. The molecule has 0 aliphatic carbocycles. The Morgan fingerprint density at radius 1 is 1.16 bits per heavy atom. The maximum atomic E-state index is 14.8. The summed E-state index contributed by atoms with van der Waals surface area (Å²) in [5.74, 6) is -0.476. The average Bonchev–Trinajstić information content (AvgIpc) is 3.15. The van der Waals surface area contributed by atoms with Gasteiger partial charge in [0.05, 0.1) is 23.2 Å². The van der Waals surface area contributed by atoms with Crippen molar-refractivity contribution >= 4 is 22.7 Å². The number of fused-ring (bicyclic) bond motifs is 3. The standard InChI is InChI=1S/C29H25F2N5O2/c1-35-10-9-26(27(37)14-35)36-25-8-5-17(12-24(25)34-29(36)33-16-32)11-21-19-3-2-4-23(31)22(19)15-38-28-13-18(30)6-7-20(21)28/h2-8,11-13,26-27,37H,9-10,14-15H2,1H3,(H,33,34)/b21-11+/t26-,27-/m1/s1. The fourth-order valence-electron chi connectivity index (χ4n) is 5.50. The molecule has 3 aromatic carbocycles. The second-order valence-corrected chi connectivity index (χ2v) is 9.75. The molecule has 192 valence electrons. The molecular weight excluding hydrogens is 488 g/mol. The number of aliphatic hydroxyl groups is 1. The molecule has 2 atom stereocenters. The molecule has 2 aliphatic rings. The van der Waals surface area contributed by atoms with Crippen molar-refractivity contribution in [2.45, 2.75) is 25.2 Å². The number of nitriles is 1. The summed E-state index contributed by atoms with van der Waals surface area (Å²) in [6.07, 6.45) is 3.88. The van der Waals surface area contributed by atoms with Gasteiger partial charge in [-0.2, -0.15) is 5.26 Å². The van der Waals surface area contributed by atoms with E-state index in [2.05, 4.69) is 14.9 Å². The van der Waals surface area contributed by atoms with Crippen LogP contribution < -0.4 is 10.4 Å².